The van der Waals surface area contributed by atoms with Crippen molar-refractivity contribution in [1.29, 1.82) is 0 Å². The summed E-state index contributed by atoms with van der Waals surface area (Å²) in [4.78, 5) is 17.7. The van der Waals surface area contributed by atoms with Gasteiger partial charge in [-0.05, 0) is 47.9 Å². The maximum atomic E-state index is 10.9. The zero-order chi connectivity index (χ0) is 22.0. The third-order valence-electron chi connectivity index (χ3n) is 5.28. The van der Waals surface area contributed by atoms with E-state index in [1.54, 1.807) is 0 Å². The van der Waals surface area contributed by atoms with E-state index in [0.29, 0.717) is 12.8 Å². The average molecular weight is 436 g/mol. The summed E-state index contributed by atoms with van der Waals surface area (Å²) in [6.45, 7) is 1.38. The number of hydrogen-bond acceptors (Lipinski definition) is 4. The van der Waals surface area contributed by atoms with Gasteiger partial charge in [0.05, 0.1) is 18.8 Å². The van der Waals surface area contributed by atoms with Gasteiger partial charge in [-0.15, -0.1) is 0 Å². The molecule has 0 heterocycles. The highest BCUT2D eigenvalue weighted by Crippen LogP contribution is 2.37. The van der Waals surface area contributed by atoms with E-state index in [1.807, 2.05) is 12.1 Å². The second-order valence-electron chi connectivity index (χ2n) is 7.99. The van der Waals surface area contributed by atoms with Crippen LogP contribution in [-0.4, -0.2) is 33.6 Å². The van der Waals surface area contributed by atoms with Crippen molar-refractivity contribution in [1.82, 2.24) is 0 Å². The van der Waals surface area contributed by atoms with Crippen molar-refractivity contribution >= 4 is 7.82 Å². The zero-order valence-electron chi connectivity index (χ0n) is 17.7. The monoisotopic (exact) mass is 435 g/mol. The molecule has 0 fully saturated rings. The Morgan fingerprint density at radius 1 is 0.967 bits per heavy atom. The Bertz CT molecular complexity index is 821. The first-order valence-corrected chi connectivity index (χ1v) is 12.1. The van der Waals surface area contributed by atoms with E-state index in [1.165, 1.54) is 31.2 Å². The van der Waals surface area contributed by atoms with E-state index in [4.69, 9.17) is 15.5 Å². The third kappa shape index (κ3) is 8.68. The Balaban J connectivity index is 1.97. The number of nitrogens with two attached hydrogens (primary N) is 1. The Morgan fingerprint density at radius 2 is 1.70 bits per heavy atom. The summed E-state index contributed by atoms with van der Waals surface area (Å²) < 4.78 is 15.4. The fraction of sp³-hybridized carbons (Fsp3) is 0.478. The quantitative estimate of drug-likeness (QED) is 0.277. The van der Waals surface area contributed by atoms with Gasteiger partial charge in [-0.2, -0.15) is 0 Å². The lowest BCUT2D eigenvalue weighted by atomic mass is 9.92. The summed E-state index contributed by atoms with van der Waals surface area (Å²) >= 11 is 0. The molecule has 0 aliphatic carbocycles. The number of benzene rings is 2. The van der Waals surface area contributed by atoms with Crippen LogP contribution in [0.4, 0.5) is 0 Å². The molecule has 0 saturated carbocycles. The van der Waals surface area contributed by atoms with Gasteiger partial charge in [0, 0.05) is 0 Å². The maximum Gasteiger partial charge on any atom is 0.469 e. The molecular weight excluding hydrogens is 401 g/mol. The molecule has 2 rings (SSSR count). The minimum Gasteiger partial charge on any atom is -0.394 e. The predicted molar refractivity (Wildman–Crippen MR) is 120 cm³/mol. The van der Waals surface area contributed by atoms with Gasteiger partial charge >= 0.3 is 7.82 Å². The minimum atomic E-state index is -4.63. The largest absolute Gasteiger partial charge is 0.469 e. The lowest BCUT2D eigenvalue weighted by Gasteiger charge is -2.27. The molecule has 1 unspecified atom stereocenters. The molecule has 5 N–H and O–H groups in total. The van der Waals surface area contributed by atoms with Crippen LogP contribution < -0.4 is 5.73 Å². The Morgan fingerprint density at radius 3 is 2.33 bits per heavy atom. The topological polar surface area (TPSA) is 113 Å². The smallest absolute Gasteiger partial charge is 0.394 e. The lowest BCUT2D eigenvalue weighted by Crippen LogP contribution is -2.48. The van der Waals surface area contributed by atoms with Crippen molar-refractivity contribution in [2.45, 2.75) is 57.4 Å². The van der Waals surface area contributed by atoms with Crippen molar-refractivity contribution in [2.75, 3.05) is 13.2 Å². The van der Waals surface area contributed by atoms with Crippen molar-refractivity contribution in [3.63, 3.8) is 0 Å². The summed E-state index contributed by atoms with van der Waals surface area (Å²) in [7, 11) is -4.63. The second-order valence-corrected chi connectivity index (χ2v) is 9.23. The highest BCUT2D eigenvalue weighted by molar-refractivity contribution is 7.46. The molecular formula is C23H34NO5P. The summed E-state index contributed by atoms with van der Waals surface area (Å²) in [5, 5.41) is 9.55. The van der Waals surface area contributed by atoms with Gasteiger partial charge < -0.3 is 20.6 Å². The first kappa shape index (κ1) is 24.7. The standard InChI is InChI=1S/C23H34NO5P/c1-2-3-4-5-7-19-10-12-21(13-11-19)22-9-6-8-20(16-22)14-15-23(24,17-25)18-29-30(26,27)28/h6,8-13,16,25H,2-5,7,14-15,17-18,24H2,1H3,(H2,26,27,28). The van der Waals surface area contributed by atoms with Gasteiger partial charge in [0.2, 0.25) is 0 Å². The van der Waals surface area contributed by atoms with Crippen LogP contribution in [0, 0.1) is 0 Å². The normalized spacial score (nSPS) is 13.9. The lowest BCUT2D eigenvalue weighted by molar-refractivity contribution is 0.102. The first-order chi connectivity index (χ1) is 14.2. The molecule has 0 saturated heterocycles. The van der Waals surface area contributed by atoms with Gasteiger partial charge in [-0.3, -0.25) is 4.52 Å². The van der Waals surface area contributed by atoms with E-state index in [9.17, 15) is 9.67 Å². The molecule has 0 amide bonds. The number of phosphoric ester groups is 1. The third-order valence-corrected chi connectivity index (χ3v) is 5.75. The summed E-state index contributed by atoms with van der Waals surface area (Å²) in [5.74, 6) is 0. The highest BCUT2D eigenvalue weighted by atomic mass is 31.2. The van der Waals surface area contributed by atoms with Gasteiger partial charge in [-0.25, -0.2) is 4.57 Å². The molecule has 1 atom stereocenters. The molecule has 166 valence electrons. The van der Waals surface area contributed by atoms with E-state index in [0.717, 1.165) is 23.1 Å². The SMILES string of the molecule is CCCCCCc1ccc(-c2cccc(CCC(N)(CO)COP(=O)(O)O)c2)cc1. The van der Waals surface area contributed by atoms with E-state index in [-0.39, 0.29) is 0 Å². The second kappa shape index (κ2) is 11.8. The van der Waals surface area contributed by atoms with E-state index in [2.05, 4.69) is 47.8 Å². The molecule has 0 aromatic heterocycles. The number of rotatable bonds is 13. The Hall–Kier alpha value is -1.53. The molecule has 6 nitrogen and oxygen atoms in total. The number of hydrogen-bond donors (Lipinski definition) is 4. The Labute approximate surface area is 179 Å². The van der Waals surface area contributed by atoms with Crippen LogP contribution in [0.15, 0.2) is 48.5 Å². The zero-order valence-corrected chi connectivity index (χ0v) is 18.6. The number of unbranched alkanes of at least 4 members (excludes halogenated alkanes) is 3. The van der Waals surface area contributed by atoms with Crippen LogP contribution in [0.25, 0.3) is 11.1 Å². The van der Waals surface area contributed by atoms with Gasteiger partial charge in [0.1, 0.15) is 0 Å². The van der Waals surface area contributed by atoms with Gasteiger partial charge in [0.25, 0.3) is 0 Å². The van der Waals surface area contributed by atoms with Crippen LogP contribution in [0.1, 0.15) is 50.2 Å². The summed E-state index contributed by atoms with van der Waals surface area (Å²) in [5.41, 5.74) is 9.48. The average Bonchev–Trinajstić information content (AvgIpc) is 2.74. The predicted octanol–water partition coefficient (Wildman–Crippen LogP) is 4.21. The van der Waals surface area contributed by atoms with Crippen LogP contribution in [0.2, 0.25) is 0 Å². The molecule has 0 bridgehead atoms. The molecule has 0 aliphatic rings. The van der Waals surface area contributed by atoms with Crippen LogP contribution >= 0.6 is 7.82 Å². The number of aliphatic hydroxyl groups is 1. The fourth-order valence-corrected chi connectivity index (χ4v) is 3.75. The van der Waals surface area contributed by atoms with E-state index >= 15 is 0 Å². The van der Waals surface area contributed by atoms with Crippen LogP contribution in [-0.2, 0) is 21.9 Å². The van der Waals surface area contributed by atoms with Gasteiger partial charge in [0.15, 0.2) is 0 Å². The van der Waals surface area contributed by atoms with Gasteiger partial charge in [-0.1, -0.05) is 74.7 Å². The summed E-state index contributed by atoms with van der Waals surface area (Å²) in [6.07, 6.45) is 7.04. The highest BCUT2D eigenvalue weighted by Gasteiger charge is 2.28. The van der Waals surface area contributed by atoms with Crippen LogP contribution in [0.3, 0.4) is 0 Å². The molecule has 7 heteroatoms. The maximum absolute atomic E-state index is 10.9. The van der Waals surface area contributed by atoms with Crippen molar-refractivity contribution in [3.8, 4) is 11.1 Å². The number of aliphatic hydroxyl groups excluding tert-OH is 1. The van der Waals surface area contributed by atoms with Crippen molar-refractivity contribution in [2.24, 2.45) is 5.73 Å². The van der Waals surface area contributed by atoms with Crippen molar-refractivity contribution < 1.29 is 24.0 Å². The minimum absolute atomic E-state index is 0.337. The molecule has 2 aromatic rings. The molecule has 2 aromatic carbocycles. The summed E-state index contributed by atoms with van der Waals surface area (Å²) in [6, 6.07) is 16.7. The first-order valence-electron chi connectivity index (χ1n) is 10.5. The molecule has 0 radical (unpaired) electrons. The van der Waals surface area contributed by atoms with Crippen LogP contribution in [0.5, 0.6) is 0 Å². The Kier molecular flexibility index (Phi) is 9.69. The van der Waals surface area contributed by atoms with E-state index < -0.39 is 26.6 Å². The molecule has 0 spiro atoms. The fourth-order valence-electron chi connectivity index (χ4n) is 3.33. The molecule has 0 aliphatic heterocycles. The number of aryl methyl sites for hydroxylation is 2. The molecule has 30 heavy (non-hydrogen) atoms. The van der Waals surface area contributed by atoms with Crippen molar-refractivity contribution in [3.05, 3.63) is 59.7 Å². The number of phosphoric acid groups is 1.